The van der Waals surface area contributed by atoms with Crippen LogP contribution in [0, 0.1) is 0 Å². The van der Waals surface area contributed by atoms with E-state index < -0.39 is 6.09 Å². The molecule has 1 heterocycles. The van der Waals surface area contributed by atoms with Crippen LogP contribution < -0.4 is 0 Å². The quantitative estimate of drug-likeness (QED) is 0.843. The van der Waals surface area contributed by atoms with Gasteiger partial charge in [-0.15, -0.1) is 0 Å². The second-order valence-corrected chi connectivity index (χ2v) is 4.60. The highest BCUT2D eigenvalue weighted by Gasteiger charge is 2.13. The molecule has 0 unspecified atom stereocenters. The summed E-state index contributed by atoms with van der Waals surface area (Å²) in [5.41, 5.74) is 2.97. The van der Waals surface area contributed by atoms with Crippen LogP contribution in [0.1, 0.15) is 32.3 Å². The fourth-order valence-electron chi connectivity index (χ4n) is 1.89. The van der Waals surface area contributed by atoms with E-state index in [2.05, 4.69) is 31.1 Å². The molecule has 0 N–H and O–H groups in total. The molecular formula is C15H18N2O2. The Balaban J connectivity index is 2.32. The van der Waals surface area contributed by atoms with Crippen LogP contribution in [0.5, 0.6) is 0 Å². The Hall–Kier alpha value is -2.10. The molecule has 0 saturated carbocycles. The monoisotopic (exact) mass is 258 g/mol. The lowest BCUT2D eigenvalue weighted by Gasteiger charge is -2.08. The van der Waals surface area contributed by atoms with Gasteiger partial charge in [0, 0.05) is 5.56 Å². The highest BCUT2D eigenvalue weighted by Crippen LogP contribution is 2.22. The zero-order chi connectivity index (χ0) is 13.8. The van der Waals surface area contributed by atoms with Crippen molar-refractivity contribution in [1.29, 1.82) is 0 Å². The molecule has 0 bridgehead atoms. The van der Waals surface area contributed by atoms with Crippen molar-refractivity contribution in [3.05, 3.63) is 42.1 Å². The molecule has 0 aliphatic rings. The SMILES string of the molecule is CCOC(=O)n1nccc1-c1ccc(C(C)C)cc1. The first-order valence-corrected chi connectivity index (χ1v) is 6.45. The lowest BCUT2D eigenvalue weighted by Crippen LogP contribution is -2.15. The molecular weight excluding hydrogens is 240 g/mol. The maximum absolute atomic E-state index is 11.8. The second kappa shape index (κ2) is 5.69. The standard InChI is InChI=1S/C15H18N2O2/c1-4-19-15(18)17-14(9-10-16-17)13-7-5-12(6-8-13)11(2)3/h5-11H,4H2,1-3H3. The van der Waals surface area contributed by atoms with Crippen molar-refractivity contribution in [2.24, 2.45) is 0 Å². The van der Waals surface area contributed by atoms with Gasteiger partial charge in [0.05, 0.1) is 18.5 Å². The van der Waals surface area contributed by atoms with Crippen LogP contribution in [-0.2, 0) is 4.74 Å². The van der Waals surface area contributed by atoms with Gasteiger partial charge in [0.1, 0.15) is 0 Å². The van der Waals surface area contributed by atoms with Crippen LogP contribution in [0.15, 0.2) is 36.5 Å². The molecule has 19 heavy (non-hydrogen) atoms. The van der Waals surface area contributed by atoms with Crippen LogP contribution in [0.4, 0.5) is 4.79 Å². The summed E-state index contributed by atoms with van der Waals surface area (Å²) in [4.78, 5) is 11.8. The second-order valence-electron chi connectivity index (χ2n) is 4.60. The third kappa shape index (κ3) is 2.84. The molecule has 0 atom stereocenters. The third-order valence-corrected chi connectivity index (χ3v) is 2.96. The highest BCUT2D eigenvalue weighted by molar-refractivity contribution is 5.77. The van der Waals surface area contributed by atoms with Gasteiger partial charge in [-0.2, -0.15) is 9.78 Å². The number of aromatic nitrogens is 2. The summed E-state index contributed by atoms with van der Waals surface area (Å²) in [5.74, 6) is 0.490. The zero-order valence-electron chi connectivity index (χ0n) is 11.5. The lowest BCUT2D eigenvalue weighted by atomic mass is 10.0. The van der Waals surface area contributed by atoms with E-state index in [-0.39, 0.29) is 0 Å². The van der Waals surface area contributed by atoms with Gasteiger partial charge in [0.15, 0.2) is 0 Å². The van der Waals surface area contributed by atoms with Gasteiger partial charge in [-0.25, -0.2) is 4.79 Å². The lowest BCUT2D eigenvalue weighted by molar-refractivity contribution is 0.151. The van der Waals surface area contributed by atoms with E-state index in [0.29, 0.717) is 12.5 Å². The van der Waals surface area contributed by atoms with E-state index in [4.69, 9.17) is 4.74 Å². The smallest absolute Gasteiger partial charge is 0.435 e. The predicted octanol–water partition coefficient (Wildman–Crippen LogP) is 3.68. The molecule has 0 aliphatic carbocycles. The van der Waals surface area contributed by atoms with Gasteiger partial charge in [-0.05, 0) is 24.5 Å². The largest absolute Gasteiger partial charge is 0.448 e. The van der Waals surface area contributed by atoms with Crippen molar-refractivity contribution in [2.45, 2.75) is 26.7 Å². The van der Waals surface area contributed by atoms with Gasteiger partial charge in [0.2, 0.25) is 0 Å². The number of hydrogen-bond acceptors (Lipinski definition) is 3. The molecule has 2 aromatic rings. The summed E-state index contributed by atoms with van der Waals surface area (Å²) in [6.07, 6.45) is 1.15. The predicted molar refractivity (Wildman–Crippen MR) is 74.2 cm³/mol. The normalized spacial score (nSPS) is 10.7. The van der Waals surface area contributed by atoms with Crippen LogP contribution in [0.2, 0.25) is 0 Å². The van der Waals surface area contributed by atoms with Crippen LogP contribution in [-0.4, -0.2) is 22.5 Å². The van der Waals surface area contributed by atoms with Crippen molar-refractivity contribution in [1.82, 2.24) is 9.78 Å². The third-order valence-electron chi connectivity index (χ3n) is 2.96. The summed E-state index contributed by atoms with van der Waals surface area (Å²) in [6.45, 7) is 6.42. The van der Waals surface area contributed by atoms with Crippen molar-refractivity contribution < 1.29 is 9.53 Å². The number of hydrogen-bond donors (Lipinski definition) is 0. The van der Waals surface area contributed by atoms with Gasteiger partial charge in [-0.3, -0.25) is 0 Å². The molecule has 0 fully saturated rings. The van der Waals surface area contributed by atoms with Gasteiger partial charge in [0.25, 0.3) is 0 Å². The van der Waals surface area contributed by atoms with E-state index in [9.17, 15) is 4.79 Å². The topological polar surface area (TPSA) is 44.1 Å². The summed E-state index contributed by atoms with van der Waals surface area (Å²) in [6, 6.07) is 9.95. The molecule has 2 rings (SSSR count). The summed E-state index contributed by atoms with van der Waals surface area (Å²) in [7, 11) is 0. The Morgan fingerprint density at radius 3 is 2.53 bits per heavy atom. The van der Waals surface area contributed by atoms with Gasteiger partial charge in [-0.1, -0.05) is 38.1 Å². The van der Waals surface area contributed by atoms with E-state index >= 15 is 0 Å². The number of rotatable bonds is 3. The Kier molecular flexibility index (Phi) is 4.00. The number of nitrogens with zero attached hydrogens (tertiary/aromatic N) is 2. The first-order valence-electron chi connectivity index (χ1n) is 6.45. The minimum absolute atomic E-state index is 0.338. The zero-order valence-corrected chi connectivity index (χ0v) is 11.5. The van der Waals surface area contributed by atoms with E-state index in [1.165, 1.54) is 10.2 Å². The van der Waals surface area contributed by atoms with Crippen LogP contribution >= 0.6 is 0 Å². The van der Waals surface area contributed by atoms with Crippen molar-refractivity contribution >= 4 is 6.09 Å². The Morgan fingerprint density at radius 1 is 1.26 bits per heavy atom. The summed E-state index contributed by atoms with van der Waals surface area (Å²) >= 11 is 0. The molecule has 4 heteroatoms. The maximum Gasteiger partial charge on any atom is 0.435 e. The molecule has 0 saturated heterocycles. The number of carbonyl (C=O) groups excluding carboxylic acids is 1. The molecule has 0 spiro atoms. The first kappa shape index (κ1) is 13.3. The van der Waals surface area contributed by atoms with Crippen molar-refractivity contribution in [3.8, 4) is 11.3 Å². The molecule has 0 aliphatic heterocycles. The fraction of sp³-hybridized carbons (Fsp3) is 0.333. The average molecular weight is 258 g/mol. The summed E-state index contributed by atoms with van der Waals surface area (Å²) < 4.78 is 6.26. The van der Waals surface area contributed by atoms with E-state index in [1.54, 1.807) is 19.2 Å². The van der Waals surface area contributed by atoms with Crippen molar-refractivity contribution in [3.63, 3.8) is 0 Å². The number of benzene rings is 1. The molecule has 0 amide bonds. The van der Waals surface area contributed by atoms with Crippen molar-refractivity contribution in [2.75, 3.05) is 6.61 Å². The molecule has 1 aromatic heterocycles. The minimum atomic E-state index is -0.449. The van der Waals surface area contributed by atoms with E-state index in [0.717, 1.165) is 11.3 Å². The van der Waals surface area contributed by atoms with Crippen LogP contribution in [0.25, 0.3) is 11.3 Å². The molecule has 0 radical (unpaired) electrons. The average Bonchev–Trinajstić information content (AvgIpc) is 2.88. The van der Waals surface area contributed by atoms with E-state index in [1.807, 2.05) is 12.1 Å². The van der Waals surface area contributed by atoms with Crippen LogP contribution in [0.3, 0.4) is 0 Å². The Labute approximate surface area is 113 Å². The maximum atomic E-state index is 11.8. The summed E-state index contributed by atoms with van der Waals surface area (Å²) in [5, 5.41) is 4.01. The number of ether oxygens (including phenoxy) is 1. The Morgan fingerprint density at radius 2 is 1.95 bits per heavy atom. The van der Waals surface area contributed by atoms with Gasteiger partial charge < -0.3 is 4.74 Å². The molecule has 4 nitrogen and oxygen atoms in total. The highest BCUT2D eigenvalue weighted by atomic mass is 16.5. The fourth-order valence-corrected chi connectivity index (χ4v) is 1.89. The molecule has 1 aromatic carbocycles. The Bertz CT molecular complexity index is 556. The van der Waals surface area contributed by atoms with Gasteiger partial charge >= 0.3 is 6.09 Å². The molecule has 100 valence electrons. The minimum Gasteiger partial charge on any atom is -0.448 e. The number of carbonyl (C=O) groups is 1. The first-order chi connectivity index (χ1) is 9.13.